The van der Waals surface area contributed by atoms with E-state index in [2.05, 4.69) is 10.6 Å². The Hall–Kier alpha value is -1.06. The van der Waals surface area contributed by atoms with E-state index >= 15 is 0 Å². The van der Waals surface area contributed by atoms with E-state index in [9.17, 15) is 9.59 Å². The second-order valence-electron chi connectivity index (χ2n) is 3.02. The Labute approximate surface area is 71.7 Å². The van der Waals surface area contributed by atoms with Crippen LogP contribution in [0.5, 0.6) is 0 Å². The molecule has 0 aromatic rings. The van der Waals surface area contributed by atoms with Crippen molar-refractivity contribution in [3.63, 3.8) is 0 Å². The predicted molar refractivity (Wildman–Crippen MR) is 44.5 cm³/mol. The third-order valence-electron chi connectivity index (χ3n) is 2.33. The average Bonchev–Trinajstić information content (AvgIpc) is 2.34. The van der Waals surface area contributed by atoms with Gasteiger partial charge in [0.15, 0.2) is 0 Å². The molecular weight excluding hydrogens is 156 g/mol. The lowest BCUT2D eigenvalue weighted by molar-refractivity contribution is -0.121. The summed E-state index contributed by atoms with van der Waals surface area (Å²) in [5.41, 5.74) is 0. The van der Waals surface area contributed by atoms with Crippen LogP contribution in [0.3, 0.4) is 0 Å². The van der Waals surface area contributed by atoms with Gasteiger partial charge in [-0.05, 0) is 5.92 Å². The molecule has 1 heterocycles. The summed E-state index contributed by atoms with van der Waals surface area (Å²) in [7, 11) is 0. The molecule has 12 heavy (non-hydrogen) atoms. The van der Waals surface area contributed by atoms with Crippen LogP contribution in [0.25, 0.3) is 0 Å². The van der Waals surface area contributed by atoms with E-state index in [1.54, 1.807) is 0 Å². The minimum Gasteiger partial charge on any atom is -0.326 e. The molecule has 1 aliphatic heterocycles. The molecule has 68 valence electrons. The summed E-state index contributed by atoms with van der Waals surface area (Å²) in [4.78, 5) is 21.9. The molecule has 1 atom stereocenters. The van der Waals surface area contributed by atoms with Gasteiger partial charge in [-0.1, -0.05) is 26.7 Å². The fourth-order valence-electron chi connectivity index (χ4n) is 1.52. The predicted octanol–water partition coefficient (Wildman–Crippen LogP) is 0.631. The minimum absolute atomic E-state index is 0.186. The molecule has 1 saturated heterocycles. The zero-order chi connectivity index (χ0) is 9.14. The zero-order valence-electron chi connectivity index (χ0n) is 7.39. The van der Waals surface area contributed by atoms with Crippen molar-refractivity contribution in [1.29, 1.82) is 0 Å². The highest BCUT2D eigenvalue weighted by Gasteiger charge is 2.34. The number of rotatable bonds is 3. The van der Waals surface area contributed by atoms with Crippen molar-refractivity contribution in [2.24, 2.45) is 5.92 Å². The van der Waals surface area contributed by atoms with Crippen molar-refractivity contribution in [2.45, 2.75) is 32.7 Å². The van der Waals surface area contributed by atoms with E-state index in [1.165, 1.54) is 0 Å². The lowest BCUT2D eigenvalue weighted by Crippen LogP contribution is -2.36. The summed E-state index contributed by atoms with van der Waals surface area (Å²) in [5.74, 6) is 0.0742. The van der Waals surface area contributed by atoms with Gasteiger partial charge in [-0.2, -0.15) is 0 Å². The summed E-state index contributed by atoms with van der Waals surface area (Å²) in [6, 6.07) is -0.676. The zero-order valence-corrected chi connectivity index (χ0v) is 7.39. The third kappa shape index (κ3) is 1.57. The molecule has 1 aliphatic rings. The van der Waals surface area contributed by atoms with E-state index in [0.717, 1.165) is 12.8 Å². The summed E-state index contributed by atoms with van der Waals surface area (Å²) in [6.45, 7) is 4.04. The normalized spacial score (nSPS) is 22.8. The maximum atomic E-state index is 11.1. The summed E-state index contributed by atoms with van der Waals surface area (Å²) >= 11 is 0. The largest absolute Gasteiger partial charge is 0.326 e. The molecule has 0 aromatic heterocycles. The van der Waals surface area contributed by atoms with E-state index in [0.29, 0.717) is 0 Å². The number of hydrogen-bond donors (Lipinski definition) is 2. The smallest absolute Gasteiger partial charge is 0.322 e. The SMILES string of the molecule is CCC(CC)C1NC(=O)NC1=O. The van der Waals surface area contributed by atoms with Gasteiger partial charge >= 0.3 is 6.03 Å². The van der Waals surface area contributed by atoms with Gasteiger partial charge in [0.1, 0.15) is 6.04 Å². The van der Waals surface area contributed by atoms with Gasteiger partial charge < -0.3 is 5.32 Å². The maximum absolute atomic E-state index is 11.1. The van der Waals surface area contributed by atoms with Crippen LogP contribution in [0.1, 0.15) is 26.7 Å². The highest BCUT2D eigenvalue weighted by Crippen LogP contribution is 2.15. The molecule has 4 nitrogen and oxygen atoms in total. The number of hydrogen-bond acceptors (Lipinski definition) is 2. The van der Waals surface area contributed by atoms with Gasteiger partial charge in [0.2, 0.25) is 0 Å². The van der Waals surface area contributed by atoms with Crippen LogP contribution in [-0.2, 0) is 4.79 Å². The van der Waals surface area contributed by atoms with Gasteiger partial charge in [0, 0.05) is 0 Å². The van der Waals surface area contributed by atoms with Crippen LogP contribution >= 0.6 is 0 Å². The maximum Gasteiger partial charge on any atom is 0.322 e. The van der Waals surface area contributed by atoms with Gasteiger partial charge in [-0.15, -0.1) is 0 Å². The topological polar surface area (TPSA) is 58.2 Å². The summed E-state index contributed by atoms with van der Waals surface area (Å²) in [6.07, 6.45) is 1.82. The molecule has 4 heteroatoms. The quantitative estimate of drug-likeness (QED) is 0.610. The second kappa shape index (κ2) is 3.56. The number of urea groups is 1. The van der Waals surface area contributed by atoms with Crippen molar-refractivity contribution in [1.82, 2.24) is 10.6 Å². The van der Waals surface area contributed by atoms with Crippen LogP contribution in [0.15, 0.2) is 0 Å². The van der Waals surface area contributed by atoms with Gasteiger partial charge in [0.05, 0.1) is 0 Å². The Morgan fingerprint density at radius 2 is 1.92 bits per heavy atom. The first-order valence-electron chi connectivity index (χ1n) is 4.30. The molecule has 0 spiro atoms. The van der Waals surface area contributed by atoms with E-state index in [1.807, 2.05) is 13.8 Å². The van der Waals surface area contributed by atoms with E-state index < -0.39 is 0 Å². The highest BCUT2D eigenvalue weighted by molar-refractivity contribution is 6.04. The molecule has 0 radical (unpaired) electrons. The second-order valence-corrected chi connectivity index (χ2v) is 3.02. The van der Waals surface area contributed by atoms with Crippen LogP contribution < -0.4 is 10.6 Å². The lowest BCUT2D eigenvalue weighted by atomic mass is 9.94. The summed E-state index contributed by atoms with van der Waals surface area (Å²) < 4.78 is 0. The molecule has 2 N–H and O–H groups in total. The third-order valence-corrected chi connectivity index (χ3v) is 2.33. The average molecular weight is 170 g/mol. The van der Waals surface area contributed by atoms with Gasteiger partial charge in [0.25, 0.3) is 5.91 Å². The van der Waals surface area contributed by atoms with E-state index in [-0.39, 0.29) is 23.9 Å². The van der Waals surface area contributed by atoms with Crippen LogP contribution in [0.2, 0.25) is 0 Å². The highest BCUT2D eigenvalue weighted by atomic mass is 16.2. The molecule has 0 saturated carbocycles. The Morgan fingerprint density at radius 3 is 2.25 bits per heavy atom. The number of amides is 3. The van der Waals surface area contributed by atoms with Crippen LogP contribution in [0.4, 0.5) is 4.79 Å². The Bertz CT molecular complexity index is 199. The monoisotopic (exact) mass is 170 g/mol. The molecule has 1 unspecified atom stereocenters. The Balaban J connectivity index is 2.62. The molecule has 0 bridgehead atoms. The first-order chi connectivity index (χ1) is 5.69. The van der Waals surface area contributed by atoms with Gasteiger partial charge in [-0.3, -0.25) is 10.1 Å². The van der Waals surface area contributed by atoms with Crippen LogP contribution in [-0.4, -0.2) is 18.0 Å². The van der Waals surface area contributed by atoms with Gasteiger partial charge in [-0.25, -0.2) is 4.79 Å². The van der Waals surface area contributed by atoms with Crippen molar-refractivity contribution in [2.75, 3.05) is 0 Å². The number of nitrogens with one attached hydrogen (secondary N) is 2. The molecule has 1 rings (SSSR count). The molecule has 0 aliphatic carbocycles. The molecule has 1 fully saturated rings. The Morgan fingerprint density at radius 1 is 1.33 bits per heavy atom. The van der Waals surface area contributed by atoms with Crippen LogP contribution in [0, 0.1) is 5.92 Å². The minimum atomic E-state index is -0.364. The van der Waals surface area contributed by atoms with Crippen molar-refractivity contribution in [3.05, 3.63) is 0 Å². The number of carbonyl (C=O) groups is 2. The fourth-order valence-corrected chi connectivity index (χ4v) is 1.52. The molecular formula is C8H14N2O2. The fraction of sp³-hybridized carbons (Fsp3) is 0.750. The van der Waals surface area contributed by atoms with Crippen molar-refractivity contribution in [3.8, 4) is 0 Å². The summed E-state index contributed by atoms with van der Waals surface area (Å²) in [5, 5.41) is 4.83. The number of imide groups is 1. The number of carbonyl (C=O) groups excluding carboxylic acids is 2. The standard InChI is InChI=1S/C8H14N2O2/c1-3-5(4-2)6-7(11)10-8(12)9-6/h5-6H,3-4H2,1-2H3,(H2,9,10,11,12). The lowest BCUT2D eigenvalue weighted by Gasteiger charge is -2.16. The first kappa shape index (κ1) is 9.03. The first-order valence-corrected chi connectivity index (χ1v) is 4.30. The van der Waals surface area contributed by atoms with Crippen molar-refractivity contribution < 1.29 is 9.59 Å². The van der Waals surface area contributed by atoms with Crippen molar-refractivity contribution >= 4 is 11.9 Å². The Kier molecular flexibility index (Phi) is 2.68. The van der Waals surface area contributed by atoms with E-state index in [4.69, 9.17) is 0 Å². The molecule has 3 amide bonds. The molecule has 0 aromatic carbocycles.